The van der Waals surface area contributed by atoms with Gasteiger partial charge < -0.3 is 5.32 Å². The molecule has 0 spiro atoms. The third-order valence-corrected chi connectivity index (χ3v) is 3.79. The standard InChI is InChI=1S/C19H20ClNO2/c20-17-10-4-9-16(14-17)12-13-21-19(23)18(22)11-5-8-15-6-2-1-3-7-15/h1-4,6-7,9-10,14H,5,8,11-13H2,(H,21,23). The Kier molecular flexibility index (Phi) is 6.82. The van der Waals surface area contributed by atoms with Gasteiger partial charge >= 0.3 is 0 Å². The maximum Gasteiger partial charge on any atom is 0.287 e. The number of nitrogens with one attached hydrogen (secondary N) is 1. The van der Waals surface area contributed by atoms with E-state index in [4.69, 9.17) is 11.6 Å². The zero-order chi connectivity index (χ0) is 16.5. The molecule has 0 aliphatic heterocycles. The van der Waals surface area contributed by atoms with Crippen molar-refractivity contribution in [2.75, 3.05) is 6.54 Å². The summed E-state index contributed by atoms with van der Waals surface area (Å²) in [6, 6.07) is 17.4. The van der Waals surface area contributed by atoms with Gasteiger partial charge in [-0.05, 0) is 42.5 Å². The van der Waals surface area contributed by atoms with Crippen molar-refractivity contribution in [3.8, 4) is 0 Å². The second-order valence-corrected chi connectivity index (χ2v) is 5.83. The summed E-state index contributed by atoms with van der Waals surface area (Å²) in [6.07, 6.45) is 2.43. The molecule has 0 atom stereocenters. The van der Waals surface area contributed by atoms with Crippen molar-refractivity contribution < 1.29 is 9.59 Å². The van der Waals surface area contributed by atoms with Gasteiger partial charge in [0.05, 0.1) is 0 Å². The minimum absolute atomic E-state index is 0.276. The number of carbonyl (C=O) groups is 2. The van der Waals surface area contributed by atoms with E-state index in [9.17, 15) is 9.59 Å². The molecule has 0 unspecified atom stereocenters. The third kappa shape index (κ3) is 6.25. The molecule has 0 aliphatic rings. The molecule has 0 fully saturated rings. The highest BCUT2D eigenvalue weighted by Gasteiger charge is 2.12. The van der Waals surface area contributed by atoms with Crippen molar-refractivity contribution in [3.63, 3.8) is 0 Å². The number of Topliss-reactive ketones (excluding diaryl/α,β-unsaturated/α-hetero) is 1. The number of amides is 1. The van der Waals surface area contributed by atoms with Crippen LogP contribution in [0.15, 0.2) is 54.6 Å². The molecule has 2 rings (SSSR count). The predicted molar refractivity (Wildman–Crippen MR) is 92.6 cm³/mol. The molecule has 3 nitrogen and oxygen atoms in total. The van der Waals surface area contributed by atoms with E-state index in [1.54, 1.807) is 6.07 Å². The Bertz CT molecular complexity index is 655. The quantitative estimate of drug-likeness (QED) is 0.752. The SMILES string of the molecule is O=C(CCCc1ccccc1)C(=O)NCCc1cccc(Cl)c1. The summed E-state index contributed by atoms with van der Waals surface area (Å²) in [5.41, 5.74) is 2.22. The van der Waals surface area contributed by atoms with Crippen molar-refractivity contribution in [2.45, 2.75) is 25.7 Å². The van der Waals surface area contributed by atoms with Crippen molar-refractivity contribution in [3.05, 3.63) is 70.7 Å². The van der Waals surface area contributed by atoms with Crippen LogP contribution in [0.1, 0.15) is 24.0 Å². The van der Waals surface area contributed by atoms with E-state index in [1.807, 2.05) is 48.5 Å². The lowest BCUT2D eigenvalue weighted by molar-refractivity contribution is -0.137. The number of halogens is 1. The van der Waals surface area contributed by atoms with Crippen LogP contribution in [0.4, 0.5) is 0 Å². The lowest BCUT2D eigenvalue weighted by Gasteiger charge is -2.05. The highest BCUT2D eigenvalue weighted by Crippen LogP contribution is 2.10. The van der Waals surface area contributed by atoms with Crippen molar-refractivity contribution in [1.29, 1.82) is 0 Å². The van der Waals surface area contributed by atoms with E-state index >= 15 is 0 Å². The Labute approximate surface area is 141 Å². The van der Waals surface area contributed by atoms with Crippen LogP contribution < -0.4 is 5.32 Å². The molecular weight excluding hydrogens is 310 g/mol. The summed E-state index contributed by atoms with van der Waals surface area (Å²) in [6.45, 7) is 0.434. The van der Waals surface area contributed by atoms with Gasteiger partial charge in [0.25, 0.3) is 5.91 Å². The van der Waals surface area contributed by atoms with Gasteiger partial charge in [-0.1, -0.05) is 54.1 Å². The van der Waals surface area contributed by atoms with Crippen LogP contribution in [0.25, 0.3) is 0 Å². The Morgan fingerprint density at radius 3 is 2.39 bits per heavy atom. The predicted octanol–water partition coefficient (Wildman–Crippen LogP) is 3.59. The second kappa shape index (κ2) is 9.11. The lowest BCUT2D eigenvalue weighted by Crippen LogP contribution is -2.32. The van der Waals surface area contributed by atoms with E-state index in [1.165, 1.54) is 5.56 Å². The number of aryl methyl sites for hydroxylation is 1. The summed E-state index contributed by atoms with van der Waals surface area (Å²) < 4.78 is 0. The molecule has 0 aromatic heterocycles. The summed E-state index contributed by atoms with van der Waals surface area (Å²) >= 11 is 5.90. The normalized spacial score (nSPS) is 10.3. The molecule has 0 saturated carbocycles. The van der Waals surface area contributed by atoms with Crippen LogP contribution in [0.2, 0.25) is 5.02 Å². The molecule has 0 aliphatic carbocycles. The van der Waals surface area contributed by atoms with Crippen LogP contribution in [-0.2, 0) is 22.4 Å². The maximum absolute atomic E-state index is 11.8. The third-order valence-electron chi connectivity index (χ3n) is 3.55. The van der Waals surface area contributed by atoms with Crippen molar-refractivity contribution in [1.82, 2.24) is 5.32 Å². The minimum Gasteiger partial charge on any atom is -0.349 e. The van der Waals surface area contributed by atoms with Gasteiger partial charge in [-0.2, -0.15) is 0 Å². The monoisotopic (exact) mass is 329 g/mol. The molecular formula is C19H20ClNO2. The Morgan fingerprint density at radius 1 is 0.913 bits per heavy atom. The zero-order valence-corrected chi connectivity index (χ0v) is 13.7. The van der Waals surface area contributed by atoms with Gasteiger partial charge in [0.1, 0.15) is 0 Å². The topological polar surface area (TPSA) is 46.2 Å². The first-order valence-electron chi connectivity index (χ1n) is 7.74. The maximum atomic E-state index is 11.8. The van der Waals surface area contributed by atoms with E-state index in [2.05, 4.69) is 5.32 Å². The van der Waals surface area contributed by atoms with Crippen LogP contribution in [0.3, 0.4) is 0 Å². The summed E-state index contributed by atoms with van der Waals surface area (Å²) in [4.78, 5) is 23.6. The highest BCUT2D eigenvalue weighted by atomic mass is 35.5. The first-order chi connectivity index (χ1) is 11.1. The van der Waals surface area contributed by atoms with E-state index in [0.717, 1.165) is 12.0 Å². The van der Waals surface area contributed by atoms with Crippen LogP contribution in [0, 0.1) is 0 Å². The number of hydrogen-bond donors (Lipinski definition) is 1. The number of carbonyl (C=O) groups excluding carboxylic acids is 2. The molecule has 0 radical (unpaired) electrons. The largest absolute Gasteiger partial charge is 0.349 e. The molecule has 4 heteroatoms. The Hall–Kier alpha value is -2.13. The number of ketones is 1. The van der Waals surface area contributed by atoms with E-state index in [-0.39, 0.29) is 12.2 Å². The van der Waals surface area contributed by atoms with Crippen LogP contribution >= 0.6 is 11.6 Å². The zero-order valence-electron chi connectivity index (χ0n) is 12.9. The van der Waals surface area contributed by atoms with Gasteiger partial charge in [-0.15, -0.1) is 0 Å². The lowest BCUT2D eigenvalue weighted by atomic mass is 10.1. The van der Waals surface area contributed by atoms with Crippen LogP contribution in [0.5, 0.6) is 0 Å². The van der Waals surface area contributed by atoms with Gasteiger partial charge in [-0.3, -0.25) is 9.59 Å². The van der Waals surface area contributed by atoms with Gasteiger partial charge in [0, 0.05) is 18.0 Å². The van der Waals surface area contributed by atoms with Crippen LogP contribution in [-0.4, -0.2) is 18.2 Å². The molecule has 1 amide bonds. The number of hydrogen-bond acceptors (Lipinski definition) is 2. The summed E-state index contributed by atoms with van der Waals surface area (Å²) in [7, 11) is 0. The first-order valence-corrected chi connectivity index (χ1v) is 8.12. The molecule has 0 heterocycles. The molecule has 0 bridgehead atoms. The fourth-order valence-corrected chi connectivity index (χ4v) is 2.54. The first kappa shape index (κ1) is 17.2. The summed E-state index contributed by atoms with van der Waals surface area (Å²) in [5.74, 6) is -0.855. The number of benzene rings is 2. The van der Waals surface area contributed by atoms with Crippen molar-refractivity contribution in [2.24, 2.45) is 0 Å². The molecule has 1 N–H and O–H groups in total. The fourth-order valence-electron chi connectivity index (χ4n) is 2.32. The average molecular weight is 330 g/mol. The molecule has 2 aromatic carbocycles. The Balaban J connectivity index is 1.65. The minimum atomic E-state index is -0.500. The number of rotatable bonds is 8. The summed E-state index contributed by atoms with van der Waals surface area (Å²) in [5, 5.41) is 3.34. The Morgan fingerprint density at radius 2 is 1.65 bits per heavy atom. The van der Waals surface area contributed by atoms with Crippen molar-refractivity contribution >= 4 is 23.3 Å². The molecule has 23 heavy (non-hydrogen) atoms. The molecule has 0 saturated heterocycles. The van der Waals surface area contributed by atoms with E-state index < -0.39 is 5.91 Å². The van der Waals surface area contributed by atoms with Gasteiger partial charge in [0.2, 0.25) is 5.78 Å². The molecule has 2 aromatic rings. The molecule has 120 valence electrons. The van der Waals surface area contributed by atoms with E-state index in [0.29, 0.717) is 24.4 Å². The van der Waals surface area contributed by atoms with Gasteiger partial charge in [0.15, 0.2) is 0 Å². The second-order valence-electron chi connectivity index (χ2n) is 5.40. The smallest absolute Gasteiger partial charge is 0.287 e. The van der Waals surface area contributed by atoms with Gasteiger partial charge in [-0.25, -0.2) is 0 Å². The fraction of sp³-hybridized carbons (Fsp3) is 0.263. The highest BCUT2D eigenvalue weighted by molar-refractivity contribution is 6.36. The average Bonchev–Trinajstić information content (AvgIpc) is 2.55.